The predicted octanol–water partition coefficient (Wildman–Crippen LogP) is 2.37. The Bertz CT molecular complexity index is 768. The first-order chi connectivity index (χ1) is 12.7. The zero-order valence-corrected chi connectivity index (χ0v) is 14.9. The molecule has 2 aromatic heterocycles. The van der Waals surface area contributed by atoms with Crippen molar-refractivity contribution in [3.05, 3.63) is 59.7 Å². The fraction of sp³-hybridized carbons (Fsp3) is 0.450. The molecule has 6 heteroatoms. The second-order valence-electron chi connectivity index (χ2n) is 6.88. The summed E-state index contributed by atoms with van der Waals surface area (Å²) in [6.07, 6.45) is 5.24. The molecule has 0 unspecified atom stereocenters. The highest BCUT2D eigenvalue weighted by Gasteiger charge is 2.47. The van der Waals surface area contributed by atoms with Gasteiger partial charge in [-0.15, -0.1) is 0 Å². The number of aromatic nitrogens is 2. The van der Waals surface area contributed by atoms with Crippen molar-refractivity contribution in [3.8, 4) is 0 Å². The Morgan fingerprint density at radius 1 is 1.35 bits per heavy atom. The summed E-state index contributed by atoms with van der Waals surface area (Å²) in [6, 6.07) is 9.48. The number of fused-ring (bicyclic) bond motifs is 1. The number of carbonyl (C=O) groups is 1. The van der Waals surface area contributed by atoms with Crippen molar-refractivity contribution in [1.29, 1.82) is 0 Å². The van der Waals surface area contributed by atoms with Crippen LogP contribution in [0.5, 0.6) is 0 Å². The SMILES string of the molecule is Cc1cccc(C(=O)N2C[C@@H](OCc3cccnc3)[C@H]3OCCC[C@@H]32)n1. The van der Waals surface area contributed by atoms with Gasteiger partial charge in [0, 0.05) is 24.7 Å². The van der Waals surface area contributed by atoms with Crippen LogP contribution in [-0.2, 0) is 16.1 Å². The number of likely N-dealkylation sites (tertiary alicyclic amines) is 1. The molecule has 2 aromatic rings. The first-order valence-electron chi connectivity index (χ1n) is 9.09. The minimum absolute atomic E-state index is 0.0401. The van der Waals surface area contributed by atoms with Gasteiger partial charge in [-0.2, -0.15) is 0 Å². The van der Waals surface area contributed by atoms with E-state index < -0.39 is 0 Å². The molecule has 2 saturated heterocycles. The molecule has 0 saturated carbocycles. The minimum atomic E-state index is -0.130. The lowest BCUT2D eigenvalue weighted by Gasteiger charge is -2.32. The molecule has 6 nitrogen and oxygen atoms in total. The molecule has 0 radical (unpaired) electrons. The lowest BCUT2D eigenvalue weighted by atomic mass is 10.0. The third-order valence-electron chi connectivity index (χ3n) is 5.03. The summed E-state index contributed by atoms with van der Waals surface area (Å²) in [5.74, 6) is -0.0401. The van der Waals surface area contributed by atoms with Crippen molar-refractivity contribution in [2.45, 2.75) is 44.6 Å². The maximum atomic E-state index is 13.0. The van der Waals surface area contributed by atoms with Gasteiger partial charge < -0.3 is 14.4 Å². The molecule has 0 aliphatic carbocycles. The van der Waals surface area contributed by atoms with Crippen LogP contribution < -0.4 is 0 Å². The van der Waals surface area contributed by atoms with Crippen LogP contribution in [0, 0.1) is 6.92 Å². The zero-order valence-electron chi connectivity index (χ0n) is 14.9. The van der Waals surface area contributed by atoms with E-state index in [0.29, 0.717) is 18.8 Å². The first-order valence-corrected chi connectivity index (χ1v) is 9.09. The van der Waals surface area contributed by atoms with Crippen LogP contribution >= 0.6 is 0 Å². The fourth-order valence-electron chi connectivity index (χ4n) is 3.79. The number of pyridine rings is 2. The molecular formula is C20H23N3O3. The van der Waals surface area contributed by atoms with Crippen LogP contribution in [-0.4, -0.2) is 52.2 Å². The van der Waals surface area contributed by atoms with E-state index in [4.69, 9.17) is 9.47 Å². The number of ether oxygens (including phenoxy) is 2. The maximum absolute atomic E-state index is 13.0. The topological polar surface area (TPSA) is 64.6 Å². The predicted molar refractivity (Wildman–Crippen MR) is 95.6 cm³/mol. The minimum Gasteiger partial charge on any atom is -0.373 e. The summed E-state index contributed by atoms with van der Waals surface area (Å²) in [4.78, 5) is 23.4. The average Bonchev–Trinajstić information content (AvgIpc) is 3.05. The molecule has 0 spiro atoms. The third-order valence-corrected chi connectivity index (χ3v) is 5.03. The summed E-state index contributed by atoms with van der Waals surface area (Å²) in [5, 5.41) is 0. The number of aryl methyl sites for hydroxylation is 1. The number of rotatable bonds is 4. The van der Waals surface area contributed by atoms with Gasteiger partial charge >= 0.3 is 0 Å². The smallest absolute Gasteiger partial charge is 0.272 e. The molecule has 1 amide bonds. The van der Waals surface area contributed by atoms with Crippen molar-refractivity contribution in [2.75, 3.05) is 13.2 Å². The van der Waals surface area contributed by atoms with Crippen LogP contribution in [0.1, 0.15) is 34.6 Å². The zero-order chi connectivity index (χ0) is 17.9. The second-order valence-corrected chi connectivity index (χ2v) is 6.88. The molecule has 136 valence electrons. The molecule has 2 aliphatic heterocycles. The quantitative estimate of drug-likeness (QED) is 0.844. The summed E-state index contributed by atoms with van der Waals surface area (Å²) in [5.41, 5.74) is 2.35. The Kier molecular flexibility index (Phi) is 4.95. The number of nitrogens with zero attached hydrogens (tertiary/aromatic N) is 3. The Labute approximate surface area is 153 Å². The van der Waals surface area contributed by atoms with Crippen LogP contribution in [0.4, 0.5) is 0 Å². The molecule has 0 N–H and O–H groups in total. The van der Waals surface area contributed by atoms with Gasteiger partial charge in [-0.05, 0) is 43.5 Å². The standard InChI is InChI=1S/C20H23N3O3/c1-14-5-2-7-16(22-14)20(24)23-12-18(19-17(23)8-4-10-25-19)26-13-15-6-3-9-21-11-15/h2-3,5-7,9,11,17-19H,4,8,10,12-13H2,1H3/t17-,18+,19-/m0/s1. The highest BCUT2D eigenvalue weighted by atomic mass is 16.5. The number of amides is 1. The van der Waals surface area contributed by atoms with Gasteiger partial charge in [-0.3, -0.25) is 9.78 Å². The Morgan fingerprint density at radius 3 is 3.08 bits per heavy atom. The molecule has 2 aliphatic rings. The van der Waals surface area contributed by atoms with Crippen LogP contribution in [0.3, 0.4) is 0 Å². The van der Waals surface area contributed by atoms with E-state index in [1.165, 1.54) is 0 Å². The lowest BCUT2D eigenvalue weighted by Crippen LogP contribution is -2.44. The van der Waals surface area contributed by atoms with Gasteiger partial charge in [0.1, 0.15) is 17.9 Å². The Hall–Kier alpha value is -2.31. The van der Waals surface area contributed by atoms with Crippen molar-refractivity contribution in [3.63, 3.8) is 0 Å². The van der Waals surface area contributed by atoms with Crippen LogP contribution in [0.2, 0.25) is 0 Å². The van der Waals surface area contributed by atoms with Gasteiger partial charge in [0.25, 0.3) is 5.91 Å². The molecule has 0 aromatic carbocycles. The monoisotopic (exact) mass is 353 g/mol. The van der Waals surface area contributed by atoms with E-state index >= 15 is 0 Å². The van der Waals surface area contributed by atoms with Crippen molar-refractivity contribution in [2.24, 2.45) is 0 Å². The van der Waals surface area contributed by atoms with Crippen LogP contribution in [0.25, 0.3) is 0 Å². The Balaban J connectivity index is 1.50. The molecule has 0 bridgehead atoms. The van der Waals surface area contributed by atoms with Gasteiger partial charge in [0.15, 0.2) is 0 Å². The van der Waals surface area contributed by atoms with Gasteiger partial charge in [0.2, 0.25) is 0 Å². The fourth-order valence-corrected chi connectivity index (χ4v) is 3.79. The van der Waals surface area contributed by atoms with E-state index in [-0.39, 0.29) is 24.2 Å². The Morgan fingerprint density at radius 2 is 2.27 bits per heavy atom. The number of hydrogen-bond acceptors (Lipinski definition) is 5. The molecular weight excluding hydrogens is 330 g/mol. The molecule has 2 fully saturated rings. The molecule has 26 heavy (non-hydrogen) atoms. The summed E-state index contributed by atoms with van der Waals surface area (Å²) in [6.45, 7) is 3.62. The van der Waals surface area contributed by atoms with Crippen LogP contribution in [0.15, 0.2) is 42.7 Å². The summed E-state index contributed by atoms with van der Waals surface area (Å²) < 4.78 is 12.1. The van der Waals surface area contributed by atoms with Gasteiger partial charge in [-0.1, -0.05) is 12.1 Å². The van der Waals surface area contributed by atoms with Crippen molar-refractivity contribution < 1.29 is 14.3 Å². The molecule has 3 atom stereocenters. The van der Waals surface area contributed by atoms with E-state index in [1.807, 2.05) is 36.1 Å². The first kappa shape index (κ1) is 17.1. The average molecular weight is 353 g/mol. The highest BCUT2D eigenvalue weighted by molar-refractivity contribution is 5.93. The van der Waals surface area contributed by atoms with E-state index in [1.54, 1.807) is 18.5 Å². The van der Waals surface area contributed by atoms with E-state index in [0.717, 1.165) is 30.7 Å². The van der Waals surface area contributed by atoms with Crippen molar-refractivity contribution >= 4 is 5.91 Å². The molecule has 4 heterocycles. The van der Waals surface area contributed by atoms with E-state index in [2.05, 4.69) is 9.97 Å². The largest absolute Gasteiger partial charge is 0.373 e. The second kappa shape index (κ2) is 7.51. The number of carbonyl (C=O) groups excluding carboxylic acids is 1. The molecule has 4 rings (SSSR count). The maximum Gasteiger partial charge on any atom is 0.272 e. The third kappa shape index (κ3) is 3.48. The van der Waals surface area contributed by atoms with E-state index in [9.17, 15) is 4.79 Å². The summed E-state index contributed by atoms with van der Waals surface area (Å²) in [7, 11) is 0. The summed E-state index contributed by atoms with van der Waals surface area (Å²) >= 11 is 0. The highest BCUT2D eigenvalue weighted by Crippen LogP contribution is 2.32. The lowest BCUT2D eigenvalue weighted by molar-refractivity contribution is -0.0810. The van der Waals surface area contributed by atoms with Crippen molar-refractivity contribution in [1.82, 2.24) is 14.9 Å². The van der Waals surface area contributed by atoms with Gasteiger partial charge in [0.05, 0.1) is 19.2 Å². The van der Waals surface area contributed by atoms with Gasteiger partial charge in [-0.25, -0.2) is 4.98 Å². The normalized spacial score (nSPS) is 25.1. The number of hydrogen-bond donors (Lipinski definition) is 0.